The van der Waals surface area contributed by atoms with E-state index in [2.05, 4.69) is 4.90 Å². The lowest BCUT2D eigenvalue weighted by molar-refractivity contribution is -0.136. The van der Waals surface area contributed by atoms with Gasteiger partial charge in [0.1, 0.15) is 5.75 Å². The fourth-order valence-corrected chi connectivity index (χ4v) is 3.77. The first-order valence-electron chi connectivity index (χ1n) is 8.02. The quantitative estimate of drug-likeness (QED) is 0.867. The molecule has 1 amide bonds. The molecule has 1 aliphatic heterocycles. The minimum atomic E-state index is 0.237. The third-order valence-corrected chi connectivity index (χ3v) is 4.81. The van der Waals surface area contributed by atoms with Gasteiger partial charge in [0.15, 0.2) is 0 Å². The third-order valence-electron chi connectivity index (χ3n) is 4.81. The first-order valence-corrected chi connectivity index (χ1v) is 8.02. The predicted molar refractivity (Wildman–Crippen MR) is 83.0 cm³/mol. The number of ether oxygens (including phenoxy) is 1. The lowest BCUT2D eigenvalue weighted by Crippen LogP contribution is -2.46. The molecular formula is C17H24N2O2. The normalized spacial score (nSPS) is 24.7. The molecule has 1 saturated heterocycles. The molecule has 2 N–H and O–H groups in total. The second-order valence-electron chi connectivity index (χ2n) is 6.12. The van der Waals surface area contributed by atoms with Crippen LogP contribution in [-0.4, -0.2) is 30.0 Å². The lowest BCUT2D eigenvalue weighted by Gasteiger charge is -2.37. The highest BCUT2D eigenvalue weighted by molar-refractivity contribution is 5.77. The number of hydrogen-bond acceptors (Lipinski definition) is 3. The zero-order valence-electron chi connectivity index (χ0n) is 12.5. The van der Waals surface area contributed by atoms with Crippen LogP contribution in [0.25, 0.3) is 0 Å². The summed E-state index contributed by atoms with van der Waals surface area (Å²) < 4.78 is 5.64. The van der Waals surface area contributed by atoms with E-state index in [1.807, 2.05) is 24.3 Å². The van der Waals surface area contributed by atoms with E-state index in [1.54, 1.807) is 0 Å². The summed E-state index contributed by atoms with van der Waals surface area (Å²) in [6.45, 7) is 1.33. The number of nitrogens with zero attached hydrogens (tertiary/aromatic N) is 1. The van der Waals surface area contributed by atoms with Crippen molar-refractivity contribution in [3.05, 3.63) is 24.3 Å². The number of amides is 1. The molecule has 1 aromatic rings. The lowest BCUT2D eigenvalue weighted by atomic mass is 9.92. The van der Waals surface area contributed by atoms with Gasteiger partial charge in [-0.3, -0.25) is 4.79 Å². The molecule has 0 spiro atoms. The summed E-state index contributed by atoms with van der Waals surface area (Å²) in [6.07, 6.45) is 6.65. The molecule has 4 heteroatoms. The SMILES string of the molecule is Nc1ccccc1OCCC(=O)N1CCCC2CCCC21. The molecule has 2 atom stereocenters. The maximum absolute atomic E-state index is 12.4. The van der Waals surface area contributed by atoms with E-state index < -0.39 is 0 Å². The van der Waals surface area contributed by atoms with E-state index in [4.69, 9.17) is 10.5 Å². The van der Waals surface area contributed by atoms with Gasteiger partial charge in [0, 0.05) is 12.6 Å². The van der Waals surface area contributed by atoms with E-state index in [9.17, 15) is 4.79 Å². The maximum atomic E-state index is 12.4. The van der Waals surface area contributed by atoms with Gasteiger partial charge in [-0.1, -0.05) is 18.6 Å². The van der Waals surface area contributed by atoms with Crippen molar-refractivity contribution >= 4 is 11.6 Å². The summed E-state index contributed by atoms with van der Waals surface area (Å²) in [7, 11) is 0. The number of hydrogen-bond donors (Lipinski definition) is 1. The van der Waals surface area contributed by atoms with Crippen LogP contribution in [0.15, 0.2) is 24.3 Å². The molecule has 2 fully saturated rings. The van der Waals surface area contributed by atoms with Crippen LogP contribution in [0.1, 0.15) is 38.5 Å². The Morgan fingerprint density at radius 2 is 2.05 bits per heavy atom. The minimum Gasteiger partial charge on any atom is -0.491 e. The summed E-state index contributed by atoms with van der Waals surface area (Å²) in [6, 6.07) is 7.91. The average molecular weight is 288 g/mol. The number of para-hydroxylation sites is 2. The van der Waals surface area contributed by atoms with Gasteiger partial charge < -0.3 is 15.4 Å². The molecule has 114 valence electrons. The zero-order chi connectivity index (χ0) is 14.7. The van der Waals surface area contributed by atoms with Crippen molar-refractivity contribution in [2.75, 3.05) is 18.9 Å². The third kappa shape index (κ3) is 3.14. The Morgan fingerprint density at radius 1 is 1.24 bits per heavy atom. The standard InChI is InChI=1S/C17H24N2O2/c18-14-7-1-2-9-16(14)21-12-10-17(20)19-11-4-6-13-5-3-8-15(13)19/h1-2,7,9,13,15H,3-6,8,10-12,18H2. The van der Waals surface area contributed by atoms with E-state index in [-0.39, 0.29) is 5.91 Å². The van der Waals surface area contributed by atoms with Crippen LogP contribution in [0.4, 0.5) is 5.69 Å². The molecule has 1 saturated carbocycles. The molecule has 0 aromatic heterocycles. The Hall–Kier alpha value is -1.71. The van der Waals surface area contributed by atoms with Crippen LogP contribution in [0, 0.1) is 5.92 Å². The highest BCUT2D eigenvalue weighted by atomic mass is 16.5. The minimum absolute atomic E-state index is 0.237. The number of anilines is 1. The van der Waals surface area contributed by atoms with Crippen molar-refractivity contribution < 1.29 is 9.53 Å². The molecule has 3 rings (SSSR count). The van der Waals surface area contributed by atoms with Crippen molar-refractivity contribution in [1.29, 1.82) is 0 Å². The molecule has 0 radical (unpaired) electrons. The first kappa shape index (κ1) is 14.2. The Kier molecular flexibility index (Phi) is 4.32. The number of nitrogen functional groups attached to an aromatic ring is 1. The fourth-order valence-electron chi connectivity index (χ4n) is 3.77. The molecule has 1 heterocycles. The number of piperidine rings is 1. The monoisotopic (exact) mass is 288 g/mol. The summed E-state index contributed by atoms with van der Waals surface area (Å²) >= 11 is 0. The van der Waals surface area contributed by atoms with Crippen molar-refractivity contribution in [2.45, 2.75) is 44.6 Å². The van der Waals surface area contributed by atoms with Crippen LogP contribution in [-0.2, 0) is 4.79 Å². The van der Waals surface area contributed by atoms with Gasteiger partial charge in [0.05, 0.1) is 18.7 Å². The molecule has 21 heavy (non-hydrogen) atoms. The second-order valence-corrected chi connectivity index (χ2v) is 6.12. The van der Waals surface area contributed by atoms with Gasteiger partial charge in [-0.15, -0.1) is 0 Å². The number of carbonyl (C=O) groups is 1. The van der Waals surface area contributed by atoms with Crippen molar-refractivity contribution in [2.24, 2.45) is 5.92 Å². The Morgan fingerprint density at radius 3 is 2.90 bits per heavy atom. The van der Waals surface area contributed by atoms with Gasteiger partial charge >= 0.3 is 0 Å². The van der Waals surface area contributed by atoms with Gasteiger partial charge in [0.25, 0.3) is 0 Å². The number of benzene rings is 1. The van der Waals surface area contributed by atoms with Crippen LogP contribution in [0.5, 0.6) is 5.75 Å². The van der Waals surface area contributed by atoms with Crippen LogP contribution < -0.4 is 10.5 Å². The number of nitrogens with two attached hydrogens (primary N) is 1. The second kappa shape index (κ2) is 6.37. The largest absolute Gasteiger partial charge is 0.491 e. The van der Waals surface area contributed by atoms with Gasteiger partial charge in [-0.2, -0.15) is 0 Å². The molecule has 2 aliphatic rings. The Bertz CT molecular complexity index is 503. The fraction of sp³-hybridized carbons (Fsp3) is 0.588. The summed E-state index contributed by atoms with van der Waals surface area (Å²) in [5, 5.41) is 0. The van der Waals surface area contributed by atoms with Gasteiger partial charge in [-0.05, 0) is 43.7 Å². The summed E-state index contributed by atoms with van der Waals surface area (Å²) in [4.78, 5) is 14.5. The van der Waals surface area contributed by atoms with E-state index >= 15 is 0 Å². The Labute approximate surface area is 126 Å². The average Bonchev–Trinajstić information content (AvgIpc) is 2.97. The van der Waals surface area contributed by atoms with Gasteiger partial charge in [-0.25, -0.2) is 0 Å². The van der Waals surface area contributed by atoms with Crippen molar-refractivity contribution in [1.82, 2.24) is 4.90 Å². The molecule has 1 aliphatic carbocycles. The summed E-state index contributed by atoms with van der Waals surface area (Å²) in [5.41, 5.74) is 6.45. The van der Waals surface area contributed by atoms with Gasteiger partial charge in [0.2, 0.25) is 5.91 Å². The number of rotatable bonds is 4. The van der Waals surface area contributed by atoms with Crippen molar-refractivity contribution in [3.63, 3.8) is 0 Å². The zero-order valence-corrected chi connectivity index (χ0v) is 12.5. The highest BCUT2D eigenvalue weighted by Crippen LogP contribution is 2.36. The number of carbonyl (C=O) groups excluding carboxylic acids is 1. The van der Waals surface area contributed by atoms with Crippen LogP contribution >= 0.6 is 0 Å². The first-order chi connectivity index (χ1) is 10.3. The molecule has 2 unspecified atom stereocenters. The molecule has 4 nitrogen and oxygen atoms in total. The number of likely N-dealkylation sites (tertiary alicyclic amines) is 1. The van der Waals surface area contributed by atoms with Crippen molar-refractivity contribution in [3.8, 4) is 5.75 Å². The van der Waals surface area contributed by atoms with E-state index in [0.29, 0.717) is 30.5 Å². The van der Waals surface area contributed by atoms with Crippen LogP contribution in [0.3, 0.4) is 0 Å². The molecule has 1 aromatic carbocycles. The Balaban J connectivity index is 1.51. The number of fused-ring (bicyclic) bond motifs is 1. The van der Waals surface area contributed by atoms with Crippen LogP contribution in [0.2, 0.25) is 0 Å². The predicted octanol–water partition coefficient (Wildman–Crippen LogP) is 2.83. The smallest absolute Gasteiger partial charge is 0.226 e. The molecular weight excluding hydrogens is 264 g/mol. The maximum Gasteiger partial charge on any atom is 0.226 e. The van der Waals surface area contributed by atoms with E-state index in [0.717, 1.165) is 18.9 Å². The highest BCUT2D eigenvalue weighted by Gasteiger charge is 2.36. The topological polar surface area (TPSA) is 55.6 Å². The summed E-state index contributed by atoms with van der Waals surface area (Å²) in [5.74, 6) is 1.65. The molecule has 0 bridgehead atoms. The van der Waals surface area contributed by atoms with E-state index in [1.165, 1.54) is 25.7 Å².